The molecule has 0 spiro atoms. The monoisotopic (exact) mass is 400 g/mol. The molecule has 0 N–H and O–H groups in total. The molecule has 0 amide bonds. The van der Waals surface area contributed by atoms with Crippen LogP contribution in [0.25, 0.3) is 11.1 Å². The standard InChI is InChI=1S/C24H23F3O2/c1-3-29-15-19-11-13-21(24(27)23(19)26)17-7-4-16(5-8-17)6-9-18-10-12-20(28-2)14-22(18)25/h4-5,7-8,10-14H,3,6,9,15H2,1-2H3. The van der Waals surface area contributed by atoms with Crippen molar-refractivity contribution >= 4 is 0 Å². The van der Waals surface area contributed by atoms with Gasteiger partial charge in [-0.15, -0.1) is 0 Å². The second kappa shape index (κ2) is 9.61. The van der Waals surface area contributed by atoms with E-state index in [2.05, 4.69) is 0 Å². The number of hydrogen-bond acceptors (Lipinski definition) is 2. The van der Waals surface area contributed by atoms with Crippen molar-refractivity contribution in [2.45, 2.75) is 26.4 Å². The summed E-state index contributed by atoms with van der Waals surface area (Å²) in [5, 5.41) is 0. The second-order valence-corrected chi connectivity index (χ2v) is 6.69. The maximum atomic E-state index is 14.5. The Labute approximate surface area is 168 Å². The molecule has 0 aliphatic heterocycles. The molecule has 0 unspecified atom stereocenters. The first-order chi connectivity index (χ1) is 14.0. The van der Waals surface area contributed by atoms with E-state index in [1.54, 1.807) is 43.3 Å². The largest absolute Gasteiger partial charge is 0.497 e. The van der Waals surface area contributed by atoms with E-state index in [4.69, 9.17) is 9.47 Å². The van der Waals surface area contributed by atoms with Gasteiger partial charge in [-0.1, -0.05) is 42.5 Å². The summed E-state index contributed by atoms with van der Waals surface area (Å²) in [6.45, 7) is 2.28. The molecule has 0 aromatic heterocycles. The summed E-state index contributed by atoms with van der Waals surface area (Å²) in [6.07, 6.45) is 1.16. The molecule has 2 nitrogen and oxygen atoms in total. The lowest BCUT2D eigenvalue weighted by atomic mass is 9.99. The molecular weight excluding hydrogens is 377 g/mol. The minimum atomic E-state index is -0.880. The molecule has 0 fully saturated rings. The van der Waals surface area contributed by atoms with Crippen molar-refractivity contribution in [1.82, 2.24) is 0 Å². The SMILES string of the molecule is CCOCc1ccc(-c2ccc(CCc3ccc(OC)cc3F)cc2)c(F)c1F. The van der Waals surface area contributed by atoms with Gasteiger partial charge >= 0.3 is 0 Å². The van der Waals surface area contributed by atoms with E-state index in [0.717, 1.165) is 5.56 Å². The molecule has 0 radical (unpaired) electrons. The van der Waals surface area contributed by atoms with Crippen molar-refractivity contribution < 1.29 is 22.6 Å². The molecule has 3 aromatic carbocycles. The fourth-order valence-electron chi connectivity index (χ4n) is 3.12. The Morgan fingerprint density at radius 3 is 2.17 bits per heavy atom. The average Bonchev–Trinajstić information content (AvgIpc) is 2.74. The van der Waals surface area contributed by atoms with Crippen LogP contribution >= 0.6 is 0 Å². The van der Waals surface area contributed by atoms with Gasteiger partial charge < -0.3 is 9.47 Å². The maximum absolute atomic E-state index is 14.5. The van der Waals surface area contributed by atoms with Crippen molar-refractivity contribution in [3.05, 3.63) is 88.7 Å². The van der Waals surface area contributed by atoms with Crippen LogP contribution in [-0.2, 0) is 24.2 Å². The van der Waals surface area contributed by atoms with Crippen molar-refractivity contribution in [1.29, 1.82) is 0 Å². The van der Waals surface area contributed by atoms with Gasteiger partial charge in [0.25, 0.3) is 0 Å². The van der Waals surface area contributed by atoms with Gasteiger partial charge in [-0.3, -0.25) is 0 Å². The van der Waals surface area contributed by atoms with E-state index in [9.17, 15) is 13.2 Å². The number of ether oxygens (including phenoxy) is 2. The predicted molar refractivity (Wildman–Crippen MR) is 107 cm³/mol. The van der Waals surface area contributed by atoms with E-state index in [-0.39, 0.29) is 23.6 Å². The van der Waals surface area contributed by atoms with Crippen LogP contribution in [0.5, 0.6) is 5.75 Å². The molecule has 0 aliphatic rings. The zero-order valence-electron chi connectivity index (χ0n) is 16.5. The van der Waals surface area contributed by atoms with Gasteiger partial charge in [0.2, 0.25) is 0 Å². The minimum absolute atomic E-state index is 0.0421. The Morgan fingerprint density at radius 2 is 1.52 bits per heavy atom. The van der Waals surface area contributed by atoms with Crippen LogP contribution in [0.4, 0.5) is 13.2 Å². The number of hydrogen-bond donors (Lipinski definition) is 0. The molecule has 0 bridgehead atoms. The summed E-state index contributed by atoms with van der Waals surface area (Å²) >= 11 is 0. The van der Waals surface area contributed by atoms with E-state index in [1.165, 1.54) is 13.2 Å². The quantitative estimate of drug-likeness (QED) is 0.455. The molecule has 0 aliphatic carbocycles. The van der Waals surface area contributed by atoms with Gasteiger partial charge in [-0.25, -0.2) is 13.2 Å². The van der Waals surface area contributed by atoms with E-state index < -0.39 is 11.6 Å². The molecular formula is C24H23F3O2. The lowest BCUT2D eigenvalue weighted by molar-refractivity contribution is 0.131. The molecule has 0 saturated heterocycles. The fraction of sp³-hybridized carbons (Fsp3) is 0.250. The molecule has 3 rings (SSSR count). The first kappa shape index (κ1) is 20.9. The summed E-state index contributed by atoms with van der Waals surface area (Å²) < 4.78 is 52.9. The lowest BCUT2D eigenvalue weighted by Gasteiger charge is -2.10. The van der Waals surface area contributed by atoms with E-state index in [1.807, 2.05) is 12.1 Å². The minimum Gasteiger partial charge on any atom is -0.497 e. The lowest BCUT2D eigenvalue weighted by Crippen LogP contribution is -2.00. The second-order valence-electron chi connectivity index (χ2n) is 6.69. The Hall–Kier alpha value is -2.79. The van der Waals surface area contributed by atoms with Crippen LogP contribution in [0.1, 0.15) is 23.6 Å². The van der Waals surface area contributed by atoms with E-state index >= 15 is 0 Å². The Bertz CT molecular complexity index is 969. The third-order valence-corrected chi connectivity index (χ3v) is 4.83. The summed E-state index contributed by atoms with van der Waals surface area (Å²) in [5.74, 6) is -1.58. The van der Waals surface area contributed by atoms with Crippen LogP contribution < -0.4 is 4.74 Å². The molecule has 0 atom stereocenters. The van der Waals surface area contributed by atoms with Crippen molar-refractivity contribution in [2.24, 2.45) is 0 Å². The molecule has 0 heterocycles. The molecule has 29 heavy (non-hydrogen) atoms. The smallest absolute Gasteiger partial charge is 0.167 e. The number of rotatable bonds is 8. The van der Waals surface area contributed by atoms with Gasteiger partial charge in [-0.2, -0.15) is 0 Å². The summed E-state index contributed by atoms with van der Waals surface area (Å²) in [5.41, 5.74) is 2.58. The first-order valence-electron chi connectivity index (χ1n) is 9.49. The van der Waals surface area contributed by atoms with Crippen molar-refractivity contribution in [3.8, 4) is 16.9 Å². The van der Waals surface area contributed by atoms with Gasteiger partial charge in [0.1, 0.15) is 11.6 Å². The average molecular weight is 400 g/mol. The summed E-state index contributed by atoms with van der Waals surface area (Å²) in [7, 11) is 1.50. The van der Waals surface area contributed by atoms with Gasteiger partial charge in [-0.05, 0) is 42.5 Å². The predicted octanol–water partition coefficient (Wildman–Crippen LogP) is 6.10. The third-order valence-electron chi connectivity index (χ3n) is 4.83. The van der Waals surface area contributed by atoms with E-state index in [0.29, 0.717) is 36.3 Å². The number of benzene rings is 3. The fourth-order valence-corrected chi connectivity index (χ4v) is 3.12. The summed E-state index contributed by atoms with van der Waals surface area (Å²) in [6, 6.07) is 15.1. The number of halogens is 3. The van der Waals surface area contributed by atoms with Crippen LogP contribution in [0.3, 0.4) is 0 Å². The highest BCUT2D eigenvalue weighted by atomic mass is 19.2. The zero-order chi connectivity index (χ0) is 20.8. The topological polar surface area (TPSA) is 18.5 Å². The molecule has 152 valence electrons. The van der Waals surface area contributed by atoms with Gasteiger partial charge in [0.05, 0.1) is 13.7 Å². The third kappa shape index (κ3) is 4.98. The van der Waals surface area contributed by atoms with Crippen molar-refractivity contribution in [3.63, 3.8) is 0 Å². The highest BCUT2D eigenvalue weighted by molar-refractivity contribution is 5.65. The highest BCUT2D eigenvalue weighted by Gasteiger charge is 2.15. The molecule has 0 saturated carbocycles. The highest BCUT2D eigenvalue weighted by Crippen LogP contribution is 2.27. The molecule has 3 aromatic rings. The van der Waals surface area contributed by atoms with Crippen LogP contribution in [0, 0.1) is 17.5 Å². The normalized spacial score (nSPS) is 10.9. The van der Waals surface area contributed by atoms with Crippen molar-refractivity contribution in [2.75, 3.05) is 13.7 Å². The number of aryl methyl sites for hydroxylation is 2. The van der Waals surface area contributed by atoms with Gasteiger partial charge in [0, 0.05) is 23.8 Å². The Balaban J connectivity index is 1.71. The first-order valence-corrected chi connectivity index (χ1v) is 9.49. The van der Waals surface area contributed by atoms with Gasteiger partial charge in [0.15, 0.2) is 11.6 Å². The summed E-state index contributed by atoms with van der Waals surface area (Å²) in [4.78, 5) is 0. The molecule has 5 heteroatoms. The number of methoxy groups -OCH3 is 1. The Morgan fingerprint density at radius 1 is 0.793 bits per heavy atom. The zero-order valence-corrected chi connectivity index (χ0v) is 16.5. The van der Waals surface area contributed by atoms with Crippen LogP contribution in [-0.4, -0.2) is 13.7 Å². The van der Waals surface area contributed by atoms with Crippen LogP contribution in [0.2, 0.25) is 0 Å². The maximum Gasteiger partial charge on any atom is 0.167 e. The Kier molecular flexibility index (Phi) is 6.94. The van der Waals surface area contributed by atoms with Crippen LogP contribution in [0.15, 0.2) is 54.6 Å².